The van der Waals surface area contributed by atoms with Gasteiger partial charge >= 0.3 is 0 Å². The van der Waals surface area contributed by atoms with E-state index >= 15 is 0 Å². The Morgan fingerprint density at radius 3 is 2.72 bits per heavy atom. The second-order valence-electron chi connectivity index (χ2n) is 5.10. The van der Waals surface area contributed by atoms with E-state index in [1.54, 1.807) is 0 Å². The zero-order valence-corrected chi connectivity index (χ0v) is 11.1. The van der Waals surface area contributed by atoms with E-state index in [-0.39, 0.29) is 6.10 Å². The summed E-state index contributed by atoms with van der Waals surface area (Å²) in [5.74, 6) is 2.46. The molecule has 2 rings (SSSR count). The normalized spacial score (nSPS) is 17.7. The molecule has 0 saturated heterocycles. The highest BCUT2D eigenvalue weighted by Gasteiger charge is 2.15. The Labute approximate surface area is 109 Å². The summed E-state index contributed by atoms with van der Waals surface area (Å²) >= 11 is 0. The predicted molar refractivity (Wildman–Crippen MR) is 73.0 cm³/mol. The summed E-state index contributed by atoms with van der Waals surface area (Å²) in [6.45, 7) is 3.31. The van der Waals surface area contributed by atoms with Crippen molar-refractivity contribution in [2.24, 2.45) is 11.7 Å². The number of ether oxygens (including phenoxy) is 2. The van der Waals surface area contributed by atoms with Gasteiger partial charge in [-0.05, 0) is 37.8 Å². The molecule has 100 valence electrons. The largest absolute Gasteiger partial charge is 0.493 e. The molecule has 0 radical (unpaired) electrons. The number of hydrogen-bond donors (Lipinski definition) is 1. The van der Waals surface area contributed by atoms with Crippen molar-refractivity contribution in [1.29, 1.82) is 0 Å². The Hall–Kier alpha value is -1.22. The highest BCUT2D eigenvalue weighted by Crippen LogP contribution is 2.26. The lowest BCUT2D eigenvalue weighted by Crippen LogP contribution is -2.22. The van der Waals surface area contributed by atoms with Gasteiger partial charge in [-0.25, -0.2) is 0 Å². The highest BCUT2D eigenvalue weighted by atomic mass is 16.5. The van der Waals surface area contributed by atoms with Crippen LogP contribution >= 0.6 is 0 Å². The number of nitrogens with two attached hydrogens (primary N) is 1. The fourth-order valence-electron chi connectivity index (χ4n) is 2.31. The lowest BCUT2D eigenvalue weighted by Gasteiger charge is -2.15. The van der Waals surface area contributed by atoms with E-state index in [1.165, 1.54) is 25.7 Å². The van der Waals surface area contributed by atoms with Crippen LogP contribution in [0.5, 0.6) is 11.5 Å². The summed E-state index contributed by atoms with van der Waals surface area (Å²) < 4.78 is 11.5. The summed E-state index contributed by atoms with van der Waals surface area (Å²) in [6, 6.07) is 7.83. The molecule has 18 heavy (non-hydrogen) atoms. The van der Waals surface area contributed by atoms with Crippen LogP contribution in [-0.2, 0) is 0 Å². The lowest BCUT2D eigenvalue weighted by atomic mass is 10.1. The van der Waals surface area contributed by atoms with Crippen molar-refractivity contribution in [2.45, 2.75) is 38.7 Å². The number of rotatable bonds is 6. The summed E-state index contributed by atoms with van der Waals surface area (Å²) in [6.07, 6.45) is 5.35. The minimum atomic E-state index is 0.0371. The molecule has 0 aromatic heterocycles. The molecule has 1 saturated carbocycles. The first kappa shape index (κ1) is 13.2. The Kier molecular flexibility index (Phi) is 4.88. The van der Waals surface area contributed by atoms with Crippen LogP contribution in [0.15, 0.2) is 24.3 Å². The van der Waals surface area contributed by atoms with Gasteiger partial charge in [0, 0.05) is 12.6 Å². The third-order valence-corrected chi connectivity index (χ3v) is 3.44. The van der Waals surface area contributed by atoms with E-state index in [0.29, 0.717) is 6.54 Å². The summed E-state index contributed by atoms with van der Waals surface area (Å²) in [5.41, 5.74) is 5.54. The summed E-state index contributed by atoms with van der Waals surface area (Å²) in [4.78, 5) is 0. The van der Waals surface area contributed by atoms with Crippen molar-refractivity contribution in [1.82, 2.24) is 0 Å². The molecule has 1 aromatic rings. The summed E-state index contributed by atoms with van der Waals surface area (Å²) in [5, 5.41) is 0. The van der Waals surface area contributed by atoms with E-state index in [4.69, 9.17) is 15.2 Å². The molecular weight excluding hydrogens is 226 g/mol. The molecule has 0 bridgehead atoms. The second-order valence-corrected chi connectivity index (χ2v) is 5.10. The molecule has 1 aliphatic carbocycles. The monoisotopic (exact) mass is 249 g/mol. The van der Waals surface area contributed by atoms with Gasteiger partial charge in [0.1, 0.15) is 17.6 Å². The highest BCUT2D eigenvalue weighted by molar-refractivity contribution is 5.33. The van der Waals surface area contributed by atoms with Crippen LogP contribution in [-0.4, -0.2) is 19.3 Å². The number of benzene rings is 1. The van der Waals surface area contributed by atoms with Gasteiger partial charge in [-0.1, -0.05) is 18.9 Å². The van der Waals surface area contributed by atoms with Crippen molar-refractivity contribution < 1.29 is 9.47 Å². The fraction of sp³-hybridized carbons (Fsp3) is 0.600. The topological polar surface area (TPSA) is 44.5 Å². The predicted octanol–water partition coefficient (Wildman–Crippen LogP) is 2.98. The molecule has 1 aromatic carbocycles. The van der Waals surface area contributed by atoms with E-state index in [0.717, 1.165) is 24.0 Å². The first-order valence-electron chi connectivity index (χ1n) is 6.87. The Bertz CT molecular complexity index is 361. The molecule has 2 N–H and O–H groups in total. The van der Waals surface area contributed by atoms with Crippen molar-refractivity contribution in [3.8, 4) is 11.5 Å². The van der Waals surface area contributed by atoms with Crippen molar-refractivity contribution in [3.63, 3.8) is 0 Å². The lowest BCUT2D eigenvalue weighted by molar-refractivity contribution is 0.224. The Balaban J connectivity index is 1.86. The van der Waals surface area contributed by atoms with Gasteiger partial charge in [-0.3, -0.25) is 0 Å². The molecule has 0 amide bonds. The maximum absolute atomic E-state index is 5.83. The first-order chi connectivity index (χ1) is 8.78. The molecule has 1 atom stereocenters. The zero-order valence-electron chi connectivity index (χ0n) is 11.1. The van der Waals surface area contributed by atoms with Gasteiger partial charge in [0.2, 0.25) is 0 Å². The van der Waals surface area contributed by atoms with Gasteiger partial charge in [0.15, 0.2) is 0 Å². The van der Waals surface area contributed by atoms with Crippen LogP contribution < -0.4 is 15.2 Å². The van der Waals surface area contributed by atoms with Crippen molar-refractivity contribution >= 4 is 0 Å². The van der Waals surface area contributed by atoms with Crippen LogP contribution in [0.4, 0.5) is 0 Å². The fourth-order valence-corrected chi connectivity index (χ4v) is 2.31. The first-order valence-corrected chi connectivity index (χ1v) is 6.87. The van der Waals surface area contributed by atoms with Gasteiger partial charge in [0.25, 0.3) is 0 Å². The van der Waals surface area contributed by atoms with Gasteiger partial charge < -0.3 is 15.2 Å². The zero-order chi connectivity index (χ0) is 12.8. The average Bonchev–Trinajstić information content (AvgIpc) is 2.90. The molecule has 3 heteroatoms. The van der Waals surface area contributed by atoms with E-state index in [9.17, 15) is 0 Å². The Morgan fingerprint density at radius 1 is 1.28 bits per heavy atom. The average molecular weight is 249 g/mol. The van der Waals surface area contributed by atoms with Crippen LogP contribution in [0.2, 0.25) is 0 Å². The van der Waals surface area contributed by atoms with Crippen molar-refractivity contribution in [3.05, 3.63) is 24.3 Å². The minimum absolute atomic E-state index is 0.0371. The second kappa shape index (κ2) is 6.64. The quantitative estimate of drug-likeness (QED) is 0.843. The van der Waals surface area contributed by atoms with Crippen LogP contribution in [0.25, 0.3) is 0 Å². The van der Waals surface area contributed by atoms with Crippen LogP contribution in [0.1, 0.15) is 32.6 Å². The number of hydrogen-bond acceptors (Lipinski definition) is 3. The van der Waals surface area contributed by atoms with Crippen molar-refractivity contribution in [2.75, 3.05) is 13.2 Å². The molecule has 1 fully saturated rings. The van der Waals surface area contributed by atoms with Gasteiger partial charge in [-0.2, -0.15) is 0 Å². The molecule has 0 unspecified atom stereocenters. The third-order valence-electron chi connectivity index (χ3n) is 3.44. The minimum Gasteiger partial charge on any atom is -0.493 e. The van der Waals surface area contributed by atoms with Gasteiger partial charge in [-0.15, -0.1) is 0 Å². The SMILES string of the molecule is C[C@@H](CN)Oc1cccc(OCC2CCCC2)c1. The molecule has 0 spiro atoms. The standard InChI is InChI=1S/C15H23NO2/c1-12(10-16)18-15-8-4-7-14(9-15)17-11-13-5-2-3-6-13/h4,7-9,12-13H,2-3,5-6,10-11,16H2,1H3/t12-/m0/s1. The smallest absolute Gasteiger partial charge is 0.123 e. The molecule has 0 heterocycles. The van der Waals surface area contributed by atoms with Crippen LogP contribution in [0, 0.1) is 5.92 Å². The third kappa shape index (κ3) is 3.91. The molecule has 3 nitrogen and oxygen atoms in total. The molecule has 0 aliphatic heterocycles. The van der Waals surface area contributed by atoms with E-state index in [2.05, 4.69) is 0 Å². The van der Waals surface area contributed by atoms with Crippen LogP contribution in [0.3, 0.4) is 0 Å². The van der Waals surface area contributed by atoms with E-state index < -0.39 is 0 Å². The maximum atomic E-state index is 5.83. The van der Waals surface area contributed by atoms with Gasteiger partial charge in [0.05, 0.1) is 6.61 Å². The maximum Gasteiger partial charge on any atom is 0.123 e. The molecule has 1 aliphatic rings. The van der Waals surface area contributed by atoms with E-state index in [1.807, 2.05) is 31.2 Å². The summed E-state index contributed by atoms with van der Waals surface area (Å²) in [7, 11) is 0. The Morgan fingerprint density at radius 2 is 2.00 bits per heavy atom. The molecular formula is C15H23NO2.